The van der Waals surface area contributed by atoms with Crippen LogP contribution < -0.4 is 10.6 Å². The van der Waals surface area contributed by atoms with Crippen LogP contribution in [-0.2, 0) is 11.3 Å². The highest BCUT2D eigenvalue weighted by molar-refractivity contribution is 14.0. The number of aliphatic imine (C=N–C) groups is 1. The SMILES string of the molecule is CCNC(=NCC1(CCO)CCOC1)NCCCCn1ccnc1C.I. The zero-order valence-electron chi connectivity index (χ0n) is 16.0. The van der Waals surface area contributed by atoms with Gasteiger partial charge in [0, 0.05) is 50.7 Å². The molecule has 26 heavy (non-hydrogen) atoms. The number of guanidine groups is 1. The van der Waals surface area contributed by atoms with E-state index in [1.165, 1.54) is 0 Å². The van der Waals surface area contributed by atoms with E-state index in [1.807, 2.05) is 19.3 Å². The zero-order chi connectivity index (χ0) is 18.0. The Kier molecular flexibility index (Phi) is 11.1. The van der Waals surface area contributed by atoms with Crippen LogP contribution >= 0.6 is 24.0 Å². The first kappa shape index (κ1) is 23.2. The monoisotopic (exact) mass is 479 g/mol. The van der Waals surface area contributed by atoms with E-state index >= 15 is 0 Å². The maximum atomic E-state index is 9.32. The number of aryl methyl sites for hydroxylation is 2. The fourth-order valence-electron chi connectivity index (χ4n) is 3.13. The van der Waals surface area contributed by atoms with Gasteiger partial charge in [-0.2, -0.15) is 0 Å². The van der Waals surface area contributed by atoms with Crippen molar-refractivity contribution in [1.82, 2.24) is 20.2 Å². The number of aromatic nitrogens is 2. The van der Waals surface area contributed by atoms with Crippen molar-refractivity contribution < 1.29 is 9.84 Å². The largest absolute Gasteiger partial charge is 0.396 e. The van der Waals surface area contributed by atoms with Crippen molar-refractivity contribution in [2.75, 3.05) is 39.5 Å². The van der Waals surface area contributed by atoms with Crippen molar-refractivity contribution in [3.05, 3.63) is 18.2 Å². The molecule has 0 saturated carbocycles. The number of hydrogen-bond acceptors (Lipinski definition) is 4. The summed E-state index contributed by atoms with van der Waals surface area (Å²) in [6.07, 6.45) is 7.77. The van der Waals surface area contributed by atoms with E-state index in [1.54, 1.807) is 0 Å². The molecule has 1 aliphatic rings. The van der Waals surface area contributed by atoms with Crippen LogP contribution in [0.5, 0.6) is 0 Å². The Hall–Kier alpha value is -0.870. The van der Waals surface area contributed by atoms with Gasteiger partial charge in [0.25, 0.3) is 0 Å². The molecule has 0 spiro atoms. The van der Waals surface area contributed by atoms with Crippen LogP contribution in [0.4, 0.5) is 0 Å². The number of ether oxygens (including phenoxy) is 1. The molecule has 1 aromatic heterocycles. The molecule has 1 fully saturated rings. The number of hydrogen-bond donors (Lipinski definition) is 3. The molecule has 1 aliphatic heterocycles. The Bertz CT molecular complexity index is 529. The van der Waals surface area contributed by atoms with E-state index < -0.39 is 0 Å². The van der Waals surface area contributed by atoms with Gasteiger partial charge in [0.05, 0.1) is 13.2 Å². The van der Waals surface area contributed by atoms with Crippen molar-refractivity contribution in [3.63, 3.8) is 0 Å². The van der Waals surface area contributed by atoms with E-state index in [0.717, 1.165) is 63.7 Å². The number of nitrogens with one attached hydrogen (secondary N) is 2. The van der Waals surface area contributed by atoms with Gasteiger partial charge in [0.2, 0.25) is 0 Å². The lowest BCUT2D eigenvalue weighted by Crippen LogP contribution is -2.39. The molecule has 8 heteroatoms. The summed E-state index contributed by atoms with van der Waals surface area (Å²) in [5.74, 6) is 1.92. The predicted octanol–water partition coefficient (Wildman–Crippen LogP) is 1.93. The van der Waals surface area contributed by atoms with Crippen LogP contribution in [0.25, 0.3) is 0 Å². The minimum atomic E-state index is -0.00392. The summed E-state index contributed by atoms with van der Waals surface area (Å²) in [7, 11) is 0. The molecule has 150 valence electrons. The van der Waals surface area contributed by atoms with Gasteiger partial charge in [-0.05, 0) is 39.5 Å². The molecule has 7 nitrogen and oxygen atoms in total. The molecule has 2 rings (SSSR count). The Morgan fingerprint density at radius 1 is 1.42 bits per heavy atom. The van der Waals surface area contributed by atoms with E-state index in [-0.39, 0.29) is 36.0 Å². The summed E-state index contributed by atoms with van der Waals surface area (Å²) in [6, 6.07) is 0. The molecule has 0 aromatic carbocycles. The molecule has 1 atom stereocenters. The quantitative estimate of drug-likeness (QED) is 0.207. The lowest BCUT2D eigenvalue weighted by Gasteiger charge is -2.24. The summed E-state index contributed by atoms with van der Waals surface area (Å²) in [5.41, 5.74) is -0.00392. The van der Waals surface area contributed by atoms with Gasteiger partial charge >= 0.3 is 0 Å². The third-order valence-corrected chi connectivity index (χ3v) is 4.79. The lowest BCUT2D eigenvalue weighted by molar-refractivity contribution is 0.131. The van der Waals surface area contributed by atoms with Gasteiger partial charge in [-0.1, -0.05) is 0 Å². The van der Waals surface area contributed by atoms with Gasteiger partial charge in [0.1, 0.15) is 5.82 Å². The van der Waals surface area contributed by atoms with Gasteiger partial charge in [-0.3, -0.25) is 4.99 Å². The molecule has 3 N–H and O–H groups in total. The van der Waals surface area contributed by atoms with E-state index in [9.17, 15) is 5.11 Å². The van der Waals surface area contributed by atoms with Crippen molar-refractivity contribution in [3.8, 4) is 0 Å². The van der Waals surface area contributed by atoms with Crippen molar-refractivity contribution in [2.45, 2.75) is 46.1 Å². The molecule has 0 radical (unpaired) electrons. The summed E-state index contributed by atoms with van der Waals surface area (Å²) < 4.78 is 7.71. The van der Waals surface area contributed by atoms with Crippen LogP contribution in [0.1, 0.15) is 38.4 Å². The molecular weight excluding hydrogens is 445 g/mol. The molecule has 1 unspecified atom stereocenters. The molecular formula is C18H34IN5O2. The first-order valence-corrected chi connectivity index (χ1v) is 9.38. The van der Waals surface area contributed by atoms with Gasteiger partial charge in [0.15, 0.2) is 5.96 Å². The van der Waals surface area contributed by atoms with E-state index in [0.29, 0.717) is 13.2 Å². The fraction of sp³-hybridized carbons (Fsp3) is 0.778. The van der Waals surface area contributed by atoms with Crippen LogP contribution in [0.3, 0.4) is 0 Å². The number of unbranched alkanes of at least 4 members (excludes halogenated alkanes) is 1. The van der Waals surface area contributed by atoms with Crippen molar-refractivity contribution in [2.24, 2.45) is 10.4 Å². The number of halogens is 1. The molecule has 2 heterocycles. The lowest BCUT2D eigenvalue weighted by atomic mass is 9.84. The molecule has 1 aromatic rings. The van der Waals surface area contributed by atoms with Crippen LogP contribution in [0.2, 0.25) is 0 Å². The number of nitrogens with zero attached hydrogens (tertiary/aromatic N) is 3. The highest BCUT2D eigenvalue weighted by Crippen LogP contribution is 2.32. The van der Waals surface area contributed by atoms with Gasteiger partial charge in [-0.25, -0.2) is 4.98 Å². The van der Waals surface area contributed by atoms with E-state index in [2.05, 4.69) is 27.1 Å². The summed E-state index contributed by atoms with van der Waals surface area (Å²) in [5, 5.41) is 16.0. The third kappa shape index (κ3) is 7.40. The van der Waals surface area contributed by atoms with Gasteiger partial charge < -0.3 is 25.0 Å². The number of aliphatic hydroxyl groups is 1. The smallest absolute Gasteiger partial charge is 0.191 e. The number of rotatable bonds is 10. The Balaban J connectivity index is 0.00000338. The molecule has 1 saturated heterocycles. The van der Waals surface area contributed by atoms with Crippen molar-refractivity contribution in [1.29, 1.82) is 0 Å². The van der Waals surface area contributed by atoms with E-state index in [4.69, 9.17) is 9.73 Å². The number of imidazole rings is 1. The predicted molar refractivity (Wildman–Crippen MR) is 115 cm³/mol. The maximum absolute atomic E-state index is 9.32. The second-order valence-corrected chi connectivity index (χ2v) is 6.77. The second kappa shape index (κ2) is 12.5. The summed E-state index contributed by atoms with van der Waals surface area (Å²) in [6.45, 7) is 9.18. The fourth-order valence-corrected chi connectivity index (χ4v) is 3.13. The van der Waals surface area contributed by atoms with Crippen molar-refractivity contribution >= 4 is 29.9 Å². The Morgan fingerprint density at radius 2 is 2.27 bits per heavy atom. The molecule has 0 amide bonds. The number of aliphatic hydroxyl groups excluding tert-OH is 1. The Labute approximate surface area is 174 Å². The average molecular weight is 479 g/mol. The topological polar surface area (TPSA) is 83.7 Å². The highest BCUT2D eigenvalue weighted by Gasteiger charge is 2.34. The second-order valence-electron chi connectivity index (χ2n) is 6.77. The third-order valence-electron chi connectivity index (χ3n) is 4.79. The zero-order valence-corrected chi connectivity index (χ0v) is 18.4. The summed E-state index contributed by atoms with van der Waals surface area (Å²) >= 11 is 0. The first-order valence-electron chi connectivity index (χ1n) is 9.38. The normalized spacial score (nSPS) is 20.0. The standard InChI is InChI=1S/C18H33N5O2.HI/c1-3-19-17(22-14-18(6-12-24)7-13-25-15-18)21-8-4-5-10-23-11-9-20-16(23)2;/h9,11,24H,3-8,10,12-15H2,1-2H3,(H2,19,21,22);1H. The first-order chi connectivity index (χ1) is 12.2. The Morgan fingerprint density at radius 3 is 2.88 bits per heavy atom. The van der Waals surface area contributed by atoms with Crippen LogP contribution in [0, 0.1) is 12.3 Å². The molecule has 0 bridgehead atoms. The highest BCUT2D eigenvalue weighted by atomic mass is 127. The van der Waals surface area contributed by atoms with Gasteiger partial charge in [-0.15, -0.1) is 24.0 Å². The molecule has 0 aliphatic carbocycles. The minimum absolute atomic E-state index is 0. The minimum Gasteiger partial charge on any atom is -0.396 e. The summed E-state index contributed by atoms with van der Waals surface area (Å²) in [4.78, 5) is 8.98. The van der Waals surface area contributed by atoms with Crippen LogP contribution in [0.15, 0.2) is 17.4 Å². The van der Waals surface area contributed by atoms with Crippen LogP contribution in [-0.4, -0.2) is 60.1 Å². The average Bonchev–Trinajstić information content (AvgIpc) is 3.22. The maximum Gasteiger partial charge on any atom is 0.191 e.